The van der Waals surface area contributed by atoms with E-state index in [1.807, 2.05) is 24.3 Å². The highest BCUT2D eigenvalue weighted by Crippen LogP contribution is 2.22. The maximum atomic E-state index is 5.91. The molecule has 4 heteroatoms. The van der Waals surface area contributed by atoms with Crippen molar-refractivity contribution in [3.8, 4) is 0 Å². The van der Waals surface area contributed by atoms with E-state index in [0.29, 0.717) is 12.1 Å². The molecular weight excluding hydrogens is 226 g/mol. The Morgan fingerprint density at radius 3 is 3.28 bits per heavy atom. The highest BCUT2D eigenvalue weighted by Gasteiger charge is 2.31. The summed E-state index contributed by atoms with van der Waals surface area (Å²) in [6.45, 7) is 4.04. The number of benzene rings is 1. The van der Waals surface area contributed by atoms with Gasteiger partial charge < -0.3 is 15.8 Å². The van der Waals surface area contributed by atoms with Gasteiger partial charge in [-0.1, -0.05) is 6.07 Å². The summed E-state index contributed by atoms with van der Waals surface area (Å²) in [5, 5.41) is 3.40. The average molecular weight is 247 g/mol. The summed E-state index contributed by atoms with van der Waals surface area (Å²) in [5.74, 6) is 0. The van der Waals surface area contributed by atoms with Gasteiger partial charge in [0.1, 0.15) is 0 Å². The third kappa shape index (κ3) is 2.60. The molecule has 4 nitrogen and oxygen atoms in total. The number of rotatable bonds is 3. The van der Waals surface area contributed by atoms with Crippen LogP contribution >= 0.6 is 0 Å². The number of nitrogens with one attached hydrogen (secondary N) is 1. The molecule has 0 aliphatic carbocycles. The van der Waals surface area contributed by atoms with Gasteiger partial charge in [0.25, 0.3) is 0 Å². The molecule has 0 aromatic heterocycles. The normalized spacial score (nSPS) is 28.0. The molecule has 2 aliphatic heterocycles. The third-order valence-corrected chi connectivity index (χ3v) is 3.88. The molecule has 0 saturated carbocycles. The van der Waals surface area contributed by atoms with Crippen molar-refractivity contribution in [1.82, 2.24) is 4.90 Å². The fraction of sp³-hybridized carbons (Fsp3) is 0.571. The Kier molecular flexibility index (Phi) is 3.39. The van der Waals surface area contributed by atoms with Crippen LogP contribution in [0, 0.1) is 0 Å². The summed E-state index contributed by atoms with van der Waals surface area (Å²) in [7, 11) is 0. The number of ether oxygens (including phenoxy) is 1. The Morgan fingerprint density at radius 2 is 2.39 bits per heavy atom. The van der Waals surface area contributed by atoms with E-state index in [9.17, 15) is 0 Å². The van der Waals surface area contributed by atoms with E-state index in [1.165, 1.54) is 19.4 Å². The van der Waals surface area contributed by atoms with Crippen molar-refractivity contribution in [1.29, 1.82) is 0 Å². The Balaban J connectivity index is 1.51. The van der Waals surface area contributed by atoms with E-state index >= 15 is 0 Å². The molecule has 98 valence electrons. The van der Waals surface area contributed by atoms with Crippen LogP contribution in [-0.2, 0) is 4.74 Å². The van der Waals surface area contributed by atoms with Gasteiger partial charge in [0.2, 0.25) is 0 Å². The Hall–Kier alpha value is -1.26. The first-order valence-corrected chi connectivity index (χ1v) is 6.76. The fourth-order valence-corrected chi connectivity index (χ4v) is 2.89. The second-order valence-electron chi connectivity index (χ2n) is 5.25. The van der Waals surface area contributed by atoms with E-state index < -0.39 is 0 Å². The van der Waals surface area contributed by atoms with Gasteiger partial charge in [0.05, 0.1) is 12.7 Å². The standard InChI is InChI=1S/C14H21N3O/c15-11-3-1-4-12(7-11)16-8-14-9-17-6-2-5-13(17)10-18-14/h1,3-4,7,13-14,16H,2,5-6,8-10,15H2. The van der Waals surface area contributed by atoms with E-state index in [4.69, 9.17) is 10.5 Å². The van der Waals surface area contributed by atoms with Crippen LogP contribution in [0.25, 0.3) is 0 Å². The molecule has 2 aliphatic rings. The van der Waals surface area contributed by atoms with Gasteiger partial charge in [-0.3, -0.25) is 4.90 Å². The smallest absolute Gasteiger partial charge is 0.0874 e. The Labute approximate surface area is 108 Å². The Bertz CT molecular complexity index is 410. The van der Waals surface area contributed by atoms with Crippen molar-refractivity contribution in [2.75, 3.05) is 37.3 Å². The molecule has 18 heavy (non-hydrogen) atoms. The van der Waals surface area contributed by atoms with Crippen LogP contribution in [0.15, 0.2) is 24.3 Å². The lowest BCUT2D eigenvalue weighted by atomic mass is 10.2. The molecule has 2 unspecified atom stereocenters. The minimum atomic E-state index is 0.292. The minimum absolute atomic E-state index is 0.292. The van der Waals surface area contributed by atoms with Gasteiger partial charge in [0.15, 0.2) is 0 Å². The van der Waals surface area contributed by atoms with Crippen LogP contribution in [0.3, 0.4) is 0 Å². The summed E-state index contributed by atoms with van der Waals surface area (Å²) in [5.41, 5.74) is 7.62. The van der Waals surface area contributed by atoms with Crippen LogP contribution in [0.1, 0.15) is 12.8 Å². The first-order chi connectivity index (χ1) is 8.81. The summed E-state index contributed by atoms with van der Waals surface area (Å²) < 4.78 is 5.91. The maximum Gasteiger partial charge on any atom is 0.0874 e. The zero-order chi connectivity index (χ0) is 12.4. The van der Waals surface area contributed by atoms with Crippen molar-refractivity contribution in [2.24, 2.45) is 0 Å². The van der Waals surface area contributed by atoms with E-state index in [1.54, 1.807) is 0 Å². The zero-order valence-electron chi connectivity index (χ0n) is 10.6. The second kappa shape index (κ2) is 5.16. The molecule has 3 rings (SSSR count). The second-order valence-corrected chi connectivity index (χ2v) is 5.25. The van der Waals surface area contributed by atoms with Crippen LogP contribution in [-0.4, -0.2) is 43.3 Å². The van der Waals surface area contributed by atoms with E-state index in [-0.39, 0.29) is 0 Å². The first kappa shape index (κ1) is 11.8. The van der Waals surface area contributed by atoms with Crippen LogP contribution in [0.5, 0.6) is 0 Å². The van der Waals surface area contributed by atoms with E-state index in [0.717, 1.165) is 31.1 Å². The number of hydrogen-bond donors (Lipinski definition) is 2. The third-order valence-electron chi connectivity index (χ3n) is 3.88. The SMILES string of the molecule is Nc1cccc(NCC2CN3CCCC3CO2)c1. The predicted octanol–water partition coefficient (Wildman–Crippen LogP) is 1.54. The first-order valence-electron chi connectivity index (χ1n) is 6.76. The molecule has 2 heterocycles. The lowest BCUT2D eigenvalue weighted by molar-refractivity contribution is -0.0415. The molecule has 2 saturated heterocycles. The molecule has 1 aromatic carbocycles. The largest absolute Gasteiger partial charge is 0.399 e. The molecule has 3 N–H and O–H groups in total. The summed E-state index contributed by atoms with van der Waals surface area (Å²) in [4.78, 5) is 2.56. The number of hydrogen-bond acceptors (Lipinski definition) is 4. The average Bonchev–Trinajstić information content (AvgIpc) is 2.84. The lowest BCUT2D eigenvalue weighted by Crippen LogP contribution is -2.48. The maximum absolute atomic E-state index is 5.91. The summed E-state index contributed by atoms with van der Waals surface area (Å²) >= 11 is 0. The van der Waals surface area contributed by atoms with Gasteiger partial charge in [-0.25, -0.2) is 0 Å². The molecule has 0 bridgehead atoms. The number of morpholine rings is 1. The quantitative estimate of drug-likeness (QED) is 0.796. The highest BCUT2D eigenvalue weighted by atomic mass is 16.5. The zero-order valence-corrected chi connectivity index (χ0v) is 10.6. The van der Waals surface area contributed by atoms with Gasteiger partial charge >= 0.3 is 0 Å². The lowest BCUT2D eigenvalue weighted by Gasteiger charge is -2.35. The van der Waals surface area contributed by atoms with Crippen LogP contribution < -0.4 is 11.1 Å². The predicted molar refractivity (Wildman–Crippen MR) is 73.7 cm³/mol. The van der Waals surface area contributed by atoms with Crippen molar-refractivity contribution in [3.05, 3.63) is 24.3 Å². The molecule has 2 atom stereocenters. The van der Waals surface area contributed by atoms with Crippen molar-refractivity contribution in [3.63, 3.8) is 0 Å². The number of anilines is 2. The number of nitrogens with two attached hydrogens (primary N) is 1. The van der Waals surface area contributed by atoms with Gasteiger partial charge in [0, 0.05) is 30.5 Å². The highest BCUT2D eigenvalue weighted by molar-refractivity contribution is 5.54. The van der Waals surface area contributed by atoms with Crippen molar-refractivity contribution >= 4 is 11.4 Å². The summed E-state index contributed by atoms with van der Waals surface area (Å²) in [6.07, 6.45) is 2.92. The fourth-order valence-electron chi connectivity index (χ4n) is 2.89. The van der Waals surface area contributed by atoms with E-state index in [2.05, 4.69) is 10.2 Å². The topological polar surface area (TPSA) is 50.5 Å². The van der Waals surface area contributed by atoms with Crippen LogP contribution in [0.2, 0.25) is 0 Å². The van der Waals surface area contributed by atoms with Gasteiger partial charge in [-0.15, -0.1) is 0 Å². The molecule has 0 radical (unpaired) electrons. The summed E-state index contributed by atoms with van der Waals surface area (Å²) in [6, 6.07) is 8.54. The number of nitrogens with zero attached hydrogens (tertiary/aromatic N) is 1. The number of nitrogen functional groups attached to an aromatic ring is 1. The number of fused-ring (bicyclic) bond motifs is 1. The minimum Gasteiger partial charge on any atom is -0.399 e. The molecule has 0 amide bonds. The Morgan fingerprint density at radius 1 is 1.44 bits per heavy atom. The monoisotopic (exact) mass is 247 g/mol. The van der Waals surface area contributed by atoms with Crippen LogP contribution in [0.4, 0.5) is 11.4 Å². The van der Waals surface area contributed by atoms with Gasteiger partial charge in [-0.2, -0.15) is 0 Å². The van der Waals surface area contributed by atoms with Gasteiger partial charge in [-0.05, 0) is 37.6 Å². The van der Waals surface area contributed by atoms with Crippen molar-refractivity contribution < 1.29 is 4.74 Å². The molecular formula is C14H21N3O. The molecule has 0 spiro atoms. The molecule has 1 aromatic rings. The van der Waals surface area contributed by atoms with Crippen molar-refractivity contribution in [2.45, 2.75) is 25.0 Å². The molecule has 2 fully saturated rings.